The number of hydrogen-bond donors (Lipinski definition) is 2. The molecule has 5 rings (SSSR count). The van der Waals surface area contributed by atoms with Crippen molar-refractivity contribution in [3.8, 4) is 11.3 Å². The maximum Gasteiger partial charge on any atom is 0.490 e. The first-order chi connectivity index (χ1) is 19.2. The molecule has 1 saturated heterocycles. The number of alkyl halides is 6. The van der Waals surface area contributed by atoms with Gasteiger partial charge in [0.2, 0.25) is 0 Å². The van der Waals surface area contributed by atoms with Gasteiger partial charge in [0.1, 0.15) is 5.82 Å². The molecule has 220 valence electrons. The Morgan fingerprint density at radius 1 is 0.756 bits per heavy atom. The molecule has 0 radical (unpaired) electrons. The molecule has 0 unspecified atom stereocenters. The van der Waals surface area contributed by atoms with Gasteiger partial charge in [-0.2, -0.15) is 26.3 Å². The van der Waals surface area contributed by atoms with E-state index in [0.717, 1.165) is 44.5 Å². The molecule has 2 aliphatic heterocycles. The Kier molecular flexibility index (Phi) is 9.35. The van der Waals surface area contributed by atoms with Gasteiger partial charge in [0.15, 0.2) is 0 Å². The highest BCUT2D eigenvalue weighted by Gasteiger charge is 2.44. The second kappa shape index (κ2) is 12.3. The van der Waals surface area contributed by atoms with E-state index in [-0.39, 0.29) is 11.3 Å². The number of nitrogens with zero attached hydrogens (tertiary/aromatic N) is 5. The van der Waals surface area contributed by atoms with Crippen LogP contribution in [0, 0.1) is 0 Å². The number of rotatable bonds is 2. The van der Waals surface area contributed by atoms with Gasteiger partial charge in [-0.1, -0.05) is 0 Å². The summed E-state index contributed by atoms with van der Waals surface area (Å²) in [5.74, 6) is -4.23. The summed E-state index contributed by atoms with van der Waals surface area (Å²) in [5, 5.41) is 14.2. The smallest absolute Gasteiger partial charge is 0.475 e. The van der Waals surface area contributed by atoms with Crippen LogP contribution in [0.2, 0.25) is 0 Å². The topological polar surface area (TPSA) is 139 Å². The van der Waals surface area contributed by atoms with E-state index in [0.29, 0.717) is 5.56 Å². The molecule has 2 N–H and O–H groups in total. The quantitative estimate of drug-likeness (QED) is 0.426. The fraction of sp³-hybridized carbons (Fsp3) is 0.360. The average Bonchev–Trinajstić information content (AvgIpc) is 3.51. The van der Waals surface area contributed by atoms with Crippen LogP contribution in [0.4, 0.5) is 26.3 Å². The number of aliphatic carboxylic acids is 2. The van der Waals surface area contributed by atoms with Gasteiger partial charge in [-0.05, 0) is 43.5 Å². The number of piperidine rings is 1. The Morgan fingerprint density at radius 3 is 1.66 bits per heavy atom. The zero-order chi connectivity index (χ0) is 30.4. The fourth-order valence-electron chi connectivity index (χ4n) is 4.50. The Labute approximate surface area is 228 Å². The van der Waals surface area contributed by atoms with Crippen LogP contribution in [-0.4, -0.2) is 77.9 Å². The third-order valence-electron chi connectivity index (χ3n) is 6.54. The van der Waals surface area contributed by atoms with Crippen molar-refractivity contribution in [2.45, 2.75) is 43.6 Å². The fourth-order valence-corrected chi connectivity index (χ4v) is 4.50. The monoisotopic (exact) mass is 587 g/mol. The van der Waals surface area contributed by atoms with Gasteiger partial charge >= 0.3 is 24.3 Å². The molecule has 5 heterocycles. The van der Waals surface area contributed by atoms with Gasteiger partial charge in [0, 0.05) is 61.0 Å². The number of carbonyl (C=O) groups is 3. The molecule has 3 aromatic heterocycles. The van der Waals surface area contributed by atoms with Gasteiger partial charge in [-0.3, -0.25) is 14.8 Å². The van der Waals surface area contributed by atoms with E-state index in [1.807, 2.05) is 35.6 Å². The number of likely N-dealkylation sites (tertiary alicyclic amines) is 1. The standard InChI is InChI=1S/C21H21N5O.2C2HF3O2/c27-19(17-3-10-23-11-4-17)25-12-5-21(6-13-25)7-14-26-18(15-24-20(21)26)16-1-8-22-9-2-16;2*3-2(4,5)1(6)7/h1-4,8-11,15H,5-7,12-14H2;2*(H,6,7). The molecule has 3 aromatic rings. The van der Waals surface area contributed by atoms with Crippen molar-refractivity contribution in [3.63, 3.8) is 0 Å². The average molecular weight is 587 g/mol. The van der Waals surface area contributed by atoms with E-state index in [1.165, 1.54) is 11.5 Å². The second-order valence-electron chi connectivity index (χ2n) is 9.02. The molecule has 1 amide bonds. The van der Waals surface area contributed by atoms with Gasteiger partial charge in [0.25, 0.3) is 5.91 Å². The van der Waals surface area contributed by atoms with E-state index < -0.39 is 24.3 Å². The predicted octanol–water partition coefficient (Wildman–Crippen LogP) is 4.18. The molecule has 10 nitrogen and oxygen atoms in total. The minimum absolute atomic E-state index is 0.0975. The van der Waals surface area contributed by atoms with Gasteiger partial charge < -0.3 is 19.7 Å². The van der Waals surface area contributed by atoms with Crippen LogP contribution in [0.25, 0.3) is 11.3 Å². The Morgan fingerprint density at radius 2 is 1.20 bits per heavy atom. The third kappa shape index (κ3) is 7.58. The molecular formula is C25H23F6N5O5. The summed E-state index contributed by atoms with van der Waals surface area (Å²) < 4.78 is 65.8. The van der Waals surface area contributed by atoms with Crippen LogP contribution in [-0.2, 0) is 21.5 Å². The first-order valence-electron chi connectivity index (χ1n) is 11.9. The van der Waals surface area contributed by atoms with Gasteiger partial charge in [0.05, 0.1) is 11.9 Å². The molecule has 0 aliphatic carbocycles. The maximum atomic E-state index is 12.7. The van der Waals surface area contributed by atoms with E-state index in [9.17, 15) is 31.1 Å². The van der Waals surface area contributed by atoms with Crippen LogP contribution >= 0.6 is 0 Å². The summed E-state index contributed by atoms with van der Waals surface area (Å²) in [6.07, 6.45) is 1.85. The number of imidazole rings is 1. The molecule has 0 bridgehead atoms. The lowest BCUT2D eigenvalue weighted by atomic mass is 9.76. The van der Waals surface area contributed by atoms with Gasteiger partial charge in [-0.15, -0.1) is 0 Å². The lowest BCUT2D eigenvalue weighted by molar-refractivity contribution is -0.193. The van der Waals surface area contributed by atoms with Crippen LogP contribution < -0.4 is 0 Å². The minimum Gasteiger partial charge on any atom is -0.475 e. The molecule has 41 heavy (non-hydrogen) atoms. The number of halogens is 6. The van der Waals surface area contributed by atoms with Crippen LogP contribution in [0.1, 0.15) is 35.4 Å². The highest BCUT2D eigenvalue weighted by molar-refractivity contribution is 5.94. The minimum atomic E-state index is -5.08. The summed E-state index contributed by atoms with van der Waals surface area (Å²) in [7, 11) is 0. The normalized spacial score (nSPS) is 15.6. The number of pyridine rings is 2. The van der Waals surface area contributed by atoms with E-state index in [1.54, 1.807) is 24.5 Å². The van der Waals surface area contributed by atoms with Crippen LogP contribution in [0.15, 0.2) is 55.2 Å². The lowest BCUT2D eigenvalue weighted by Crippen LogP contribution is -2.44. The molecule has 0 aromatic carbocycles. The molecule has 1 spiro atoms. The molecule has 1 fully saturated rings. The van der Waals surface area contributed by atoms with Crippen molar-refractivity contribution >= 4 is 17.8 Å². The number of amides is 1. The van der Waals surface area contributed by atoms with Crippen molar-refractivity contribution in [1.82, 2.24) is 24.4 Å². The third-order valence-corrected chi connectivity index (χ3v) is 6.54. The first-order valence-corrected chi connectivity index (χ1v) is 11.9. The summed E-state index contributed by atoms with van der Waals surface area (Å²) in [6, 6.07) is 7.64. The first kappa shape index (κ1) is 31.0. The second-order valence-corrected chi connectivity index (χ2v) is 9.02. The van der Waals surface area contributed by atoms with Crippen LogP contribution in [0.5, 0.6) is 0 Å². The number of hydrogen-bond acceptors (Lipinski definition) is 6. The molecule has 0 atom stereocenters. The lowest BCUT2D eigenvalue weighted by Gasteiger charge is -2.38. The van der Waals surface area contributed by atoms with E-state index in [2.05, 4.69) is 14.5 Å². The van der Waals surface area contributed by atoms with Crippen molar-refractivity contribution in [3.05, 3.63) is 66.6 Å². The largest absolute Gasteiger partial charge is 0.490 e. The zero-order valence-electron chi connectivity index (χ0n) is 21.1. The molecule has 2 aliphatic rings. The zero-order valence-corrected chi connectivity index (χ0v) is 21.1. The van der Waals surface area contributed by atoms with Crippen molar-refractivity contribution < 1.29 is 50.9 Å². The molecular weight excluding hydrogens is 564 g/mol. The van der Waals surface area contributed by atoms with E-state index >= 15 is 0 Å². The predicted molar refractivity (Wildman–Crippen MR) is 129 cm³/mol. The van der Waals surface area contributed by atoms with Crippen molar-refractivity contribution in [2.75, 3.05) is 13.1 Å². The van der Waals surface area contributed by atoms with Crippen LogP contribution in [0.3, 0.4) is 0 Å². The highest BCUT2D eigenvalue weighted by Crippen LogP contribution is 2.44. The number of aromatic nitrogens is 4. The summed E-state index contributed by atoms with van der Waals surface area (Å²) in [5.41, 5.74) is 3.14. The van der Waals surface area contributed by atoms with Crippen molar-refractivity contribution in [1.29, 1.82) is 0 Å². The highest BCUT2D eigenvalue weighted by atomic mass is 19.4. The van der Waals surface area contributed by atoms with Crippen molar-refractivity contribution in [2.24, 2.45) is 0 Å². The summed E-state index contributed by atoms with van der Waals surface area (Å²) >= 11 is 0. The summed E-state index contributed by atoms with van der Waals surface area (Å²) in [4.78, 5) is 45.4. The Bertz CT molecular complexity index is 1330. The number of fused-ring (bicyclic) bond motifs is 2. The maximum absolute atomic E-state index is 12.7. The Hall–Kier alpha value is -4.50. The van der Waals surface area contributed by atoms with Gasteiger partial charge in [-0.25, -0.2) is 14.6 Å². The Balaban J connectivity index is 0.000000276. The molecule has 0 saturated carbocycles. The van der Waals surface area contributed by atoms with E-state index in [4.69, 9.17) is 24.8 Å². The summed E-state index contributed by atoms with van der Waals surface area (Å²) in [6.45, 7) is 2.54. The number of carboxylic acid groups (broad SMARTS) is 2. The molecule has 16 heteroatoms. The SMILES string of the molecule is O=C(O)C(F)(F)F.O=C(O)C(F)(F)F.O=C(c1ccncc1)N1CCC2(CC1)CCn1c(-c3ccncc3)cnc12. The number of carbonyl (C=O) groups excluding carboxylic acids is 1. The number of carboxylic acids is 2.